The molecule has 2 rings (SSSR count). The van der Waals surface area contributed by atoms with E-state index in [4.69, 9.17) is 5.73 Å². The Morgan fingerprint density at radius 2 is 1.75 bits per heavy atom. The summed E-state index contributed by atoms with van der Waals surface area (Å²) in [6.07, 6.45) is 1.48. The van der Waals surface area contributed by atoms with Gasteiger partial charge in [0.25, 0.3) is 0 Å². The van der Waals surface area contributed by atoms with Gasteiger partial charge in [0.1, 0.15) is 5.82 Å². The summed E-state index contributed by atoms with van der Waals surface area (Å²) in [4.78, 5) is 5.14. The Labute approximate surface area is 95.5 Å². The van der Waals surface area contributed by atoms with E-state index in [2.05, 4.69) is 4.98 Å². The van der Waals surface area contributed by atoms with Crippen LogP contribution in [0.4, 0.5) is 14.6 Å². The fourth-order valence-electron chi connectivity index (χ4n) is 1.13. The van der Waals surface area contributed by atoms with E-state index in [0.717, 1.165) is 4.90 Å². The highest BCUT2D eigenvalue weighted by atomic mass is 32.2. The van der Waals surface area contributed by atoms with Crippen molar-refractivity contribution in [1.29, 1.82) is 0 Å². The second-order valence-corrected chi connectivity index (χ2v) is 4.24. The molecule has 0 fully saturated rings. The first-order valence-corrected chi connectivity index (χ1v) is 5.31. The van der Waals surface area contributed by atoms with E-state index in [9.17, 15) is 8.78 Å². The number of aromatic nitrogens is 1. The van der Waals surface area contributed by atoms with Gasteiger partial charge in [0, 0.05) is 16.0 Å². The second kappa shape index (κ2) is 4.49. The van der Waals surface area contributed by atoms with Gasteiger partial charge in [0.2, 0.25) is 0 Å². The third-order valence-electron chi connectivity index (χ3n) is 1.89. The van der Waals surface area contributed by atoms with E-state index in [1.54, 1.807) is 12.1 Å². The summed E-state index contributed by atoms with van der Waals surface area (Å²) >= 11 is 1.29. The number of anilines is 1. The van der Waals surface area contributed by atoms with E-state index in [-0.39, 0.29) is 11.6 Å². The highest BCUT2D eigenvalue weighted by Gasteiger charge is 2.03. The zero-order valence-electron chi connectivity index (χ0n) is 8.15. The standard InChI is InChI=1S/C11H8F2N2S/c12-7-1-3-8(4-2-7)16-9-5-10(13)11(14)15-6-9/h1-6H,(H2,14,15). The molecule has 5 heteroatoms. The molecule has 0 amide bonds. The molecule has 0 unspecified atom stereocenters. The molecule has 0 radical (unpaired) electrons. The summed E-state index contributed by atoms with van der Waals surface area (Å²) in [5.41, 5.74) is 5.26. The SMILES string of the molecule is Nc1ncc(Sc2ccc(F)cc2)cc1F. The Balaban J connectivity index is 2.20. The van der Waals surface area contributed by atoms with Crippen LogP contribution >= 0.6 is 11.8 Å². The molecule has 2 aromatic rings. The third-order valence-corrected chi connectivity index (χ3v) is 2.86. The van der Waals surface area contributed by atoms with Crippen LogP contribution in [-0.2, 0) is 0 Å². The molecular weight excluding hydrogens is 230 g/mol. The summed E-state index contributed by atoms with van der Waals surface area (Å²) in [5, 5.41) is 0. The van der Waals surface area contributed by atoms with Crippen LogP contribution in [0.25, 0.3) is 0 Å². The van der Waals surface area contributed by atoms with Gasteiger partial charge in [-0.15, -0.1) is 0 Å². The van der Waals surface area contributed by atoms with Crippen LogP contribution < -0.4 is 5.73 Å². The van der Waals surface area contributed by atoms with E-state index < -0.39 is 5.82 Å². The lowest BCUT2D eigenvalue weighted by Crippen LogP contribution is -1.94. The number of halogens is 2. The van der Waals surface area contributed by atoms with Crippen molar-refractivity contribution in [3.8, 4) is 0 Å². The number of hydrogen-bond donors (Lipinski definition) is 1. The summed E-state index contributed by atoms with van der Waals surface area (Å²) in [6.45, 7) is 0. The highest BCUT2D eigenvalue weighted by Crippen LogP contribution is 2.28. The predicted octanol–water partition coefficient (Wildman–Crippen LogP) is 3.09. The van der Waals surface area contributed by atoms with Gasteiger partial charge in [-0.2, -0.15) is 0 Å². The topological polar surface area (TPSA) is 38.9 Å². The third kappa shape index (κ3) is 2.49. The molecule has 0 atom stereocenters. The number of hydrogen-bond acceptors (Lipinski definition) is 3. The van der Waals surface area contributed by atoms with Crippen LogP contribution in [0.2, 0.25) is 0 Å². The van der Waals surface area contributed by atoms with Crippen molar-refractivity contribution in [3.05, 3.63) is 48.2 Å². The average Bonchev–Trinajstić information content (AvgIpc) is 2.27. The van der Waals surface area contributed by atoms with Crippen LogP contribution in [0.5, 0.6) is 0 Å². The lowest BCUT2D eigenvalue weighted by atomic mass is 10.4. The minimum Gasteiger partial charge on any atom is -0.381 e. The maximum absolute atomic E-state index is 13.1. The molecule has 0 saturated carbocycles. The number of pyridine rings is 1. The van der Waals surface area contributed by atoms with Crippen molar-refractivity contribution in [2.75, 3.05) is 5.73 Å². The molecule has 2 N–H and O–H groups in total. The maximum atomic E-state index is 13.1. The highest BCUT2D eigenvalue weighted by molar-refractivity contribution is 7.99. The molecule has 82 valence electrons. The lowest BCUT2D eigenvalue weighted by molar-refractivity contribution is 0.622. The van der Waals surface area contributed by atoms with Gasteiger partial charge in [-0.3, -0.25) is 0 Å². The fraction of sp³-hybridized carbons (Fsp3) is 0. The van der Waals surface area contributed by atoms with Gasteiger partial charge < -0.3 is 5.73 Å². The molecule has 2 nitrogen and oxygen atoms in total. The number of nitrogens with two attached hydrogens (primary N) is 1. The van der Waals surface area contributed by atoms with E-state index in [0.29, 0.717) is 4.90 Å². The van der Waals surface area contributed by atoms with Crippen LogP contribution in [-0.4, -0.2) is 4.98 Å². The number of rotatable bonds is 2. The molecule has 1 aromatic heterocycles. The smallest absolute Gasteiger partial charge is 0.166 e. The second-order valence-electron chi connectivity index (χ2n) is 3.09. The Kier molecular flexibility index (Phi) is 3.05. The van der Waals surface area contributed by atoms with Crippen molar-refractivity contribution in [3.63, 3.8) is 0 Å². The monoisotopic (exact) mass is 238 g/mol. The average molecular weight is 238 g/mol. The lowest BCUT2D eigenvalue weighted by Gasteiger charge is -2.02. The molecule has 0 aliphatic heterocycles. The van der Waals surface area contributed by atoms with Gasteiger partial charge in [-0.05, 0) is 30.3 Å². The minimum absolute atomic E-state index is 0.122. The quantitative estimate of drug-likeness (QED) is 0.873. The van der Waals surface area contributed by atoms with Crippen molar-refractivity contribution in [2.45, 2.75) is 9.79 Å². The predicted molar refractivity (Wildman–Crippen MR) is 59.1 cm³/mol. The van der Waals surface area contributed by atoms with Gasteiger partial charge in [-0.25, -0.2) is 13.8 Å². The largest absolute Gasteiger partial charge is 0.381 e. The molecule has 1 heterocycles. The normalized spacial score (nSPS) is 10.4. The molecule has 0 saturated heterocycles. The molecular formula is C11H8F2N2S. The van der Waals surface area contributed by atoms with Crippen LogP contribution in [0.3, 0.4) is 0 Å². The fourth-order valence-corrected chi connectivity index (χ4v) is 1.94. The van der Waals surface area contributed by atoms with Gasteiger partial charge in [-0.1, -0.05) is 11.8 Å². The molecule has 1 aromatic carbocycles. The van der Waals surface area contributed by atoms with Crippen LogP contribution in [0.15, 0.2) is 46.3 Å². The Hall–Kier alpha value is -1.62. The first-order valence-electron chi connectivity index (χ1n) is 4.49. The van der Waals surface area contributed by atoms with Crippen LogP contribution in [0, 0.1) is 11.6 Å². The van der Waals surface area contributed by atoms with Gasteiger partial charge >= 0.3 is 0 Å². The Bertz CT molecular complexity index is 500. The Morgan fingerprint density at radius 1 is 1.06 bits per heavy atom. The van der Waals surface area contributed by atoms with Crippen LogP contribution in [0.1, 0.15) is 0 Å². The van der Waals surface area contributed by atoms with E-state index in [1.165, 1.54) is 36.2 Å². The van der Waals surface area contributed by atoms with Crippen molar-refractivity contribution < 1.29 is 8.78 Å². The zero-order valence-corrected chi connectivity index (χ0v) is 8.97. The number of benzene rings is 1. The summed E-state index contributed by atoms with van der Waals surface area (Å²) in [5.74, 6) is -0.971. The molecule has 0 spiro atoms. The van der Waals surface area contributed by atoms with Crippen molar-refractivity contribution >= 4 is 17.6 Å². The molecule has 0 bridgehead atoms. The Morgan fingerprint density at radius 3 is 2.38 bits per heavy atom. The zero-order chi connectivity index (χ0) is 11.5. The van der Waals surface area contributed by atoms with E-state index >= 15 is 0 Å². The van der Waals surface area contributed by atoms with Crippen molar-refractivity contribution in [1.82, 2.24) is 4.98 Å². The van der Waals surface area contributed by atoms with Gasteiger partial charge in [0.15, 0.2) is 11.6 Å². The number of nitrogens with zero attached hydrogens (tertiary/aromatic N) is 1. The number of nitrogen functional groups attached to an aromatic ring is 1. The summed E-state index contributed by atoms with van der Waals surface area (Å²) < 4.78 is 25.7. The van der Waals surface area contributed by atoms with Crippen molar-refractivity contribution in [2.24, 2.45) is 0 Å². The van der Waals surface area contributed by atoms with E-state index in [1.807, 2.05) is 0 Å². The molecule has 0 aliphatic rings. The van der Waals surface area contributed by atoms with Gasteiger partial charge in [0.05, 0.1) is 0 Å². The first kappa shape index (κ1) is 10.9. The maximum Gasteiger partial charge on any atom is 0.166 e. The summed E-state index contributed by atoms with van der Waals surface area (Å²) in [7, 11) is 0. The molecule has 0 aliphatic carbocycles. The first-order chi connectivity index (χ1) is 7.65. The molecule has 16 heavy (non-hydrogen) atoms. The summed E-state index contributed by atoms with van der Waals surface area (Å²) in [6, 6.07) is 7.24. The minimum atomic E-state index is -0.549.